The average molecular weight is 965 g/mol. The number of nitrogens with one attached hydrogen (secondary N) is 1. The number of carbonyl (C=O) groups is 7. The van der Waals surface area contributed by atoms with Crippen LogP contribution in [0.5, 0.6) is 0 Å². The summed E-state index contributed by atoms with van der Waals surface area (Å²) in [7, 11) is 7.81. The number of allylic oxidation sites excluding steroid dienone is 6. The minimum Gasteiger partial charge on any atom is -0.481 e. The Kier molecular flexibility index (Phi) is 16.3. The number of carboxylic acid groups (broad SMARTS) is 1. The number of nitrogens with zero attached hydrogens (tertiary/aromatic N) is 3. The molecule has 9 atom stereocenters. The van der Waals surface area contributed by atoms with E-state index in [0.29, 0.717) is 51.8 Å². The van der Waals surface area contributed by atoms with Gasteiger partial charge in [0, 0.05) is 105 Å². The topological polar surface area (TPSA) is 244 Å². The number of ether oxygens (including phenoxy) is 6. The first-order valence-electron chi connectivity index (χ1n) is 23.6. The van der Waals surface area contributed by atoms with Gasteiger partial charge in [-0.1, -0.05) is 34.6 Å². The quantitative estimate of drug-likeness (QED) is 0.111. The highest BCUT2D eigenvalue weighted by atomic mass is 16.5. The van der Waals surface area contributed by atoms with Gasteiger partial charge in [-0.15, -0.1) is 0 Å². The van der Waals surface area contributed by atoms with Crippen molar-refractivity contribution >= 4 is 58.9 Å². The van der Waals surface area contributed by atoms with Gasteiger partial charge in [0.1, 0.15) is 0 Å². The van der Waals surface area contributed by atoms with Crippen LogP contribution in [0.2, 0.25) is 0 Å². The molecular weight excluding hydrogens is 893 g/mol. The van der Waals surface area contributed by atoms with E-state index in [-0.39, 0.29) is 64.2 Å². The van der Waals surface area contributed by atoms with Gasteiger partial charge in [0.05, 0.1) is 73.5 Å². The number of carboxylic acids is 1. The molecule has 18 nitrogen and oxygen atoms in total. The van der Waals surface area contributed by atoms with Gasteiger partial charge in [0.2, 0.25) is 0 Å². The van der Waals surface area contributed by atoms with Gasteiger partial charge >= 0.3 is 41.8 Å². The fourth-order valence-corrected chi connectivity index (χ4v) is 12.3. The number of aliphatic imine (C=N–C) groups is 3. The van der Waals surface area contributed by atoms with Crippen molar-refractivity contribution in [2.75, 3.05) is 42.7 Å². The molecule has 0 amide bonds. The molecule has 5 aliphatic rings. The van der Waals surface area contributed by atoms with E-state index in [1.54, 1.807) is 0 Å². The second-order valence-corrected chi connectivity index (χ2v) is 20.6. The monoisotopic (exact) mass is 965 g/mol. The summed E-state index contributed by atoms with van der Waals surface area (Å²) in [4.78, 5) is 110. The maximum atomic E-state index is 13.9. The number of hydrogen-bond donors (Lipinski definition) is 2. The van der Waals surface area contributed by atoms with Gasteiger partial charge in [-0.05, 0) is 63.7 Å². The number of hydrogen-bond acceptors (Lipinski definition) is 17. The van der Waals surface area contributed by atoms with Gasteiger partial charge in [-0.3, -0.25) is 48.5 Å². The van der Waals surface area contributed by atoms with Crippen LogP contribution in [-0.2, 0) is 62.0 Å². The summed E-state index contributed by atoms with van der Waals surface area (Å²) in [6.07, 6.45) is 1.88. The zero-order chi connectivity index (χ0) is 51.6. The number of carbonyl (C=O) groups excluding carboxylic acids is 6. The first kappa shape index (κ1) is 54.3. The van der Waals surface area contributed by atoms with Crippen molar-refractivity contribution in [3.63, 3.8) is 0 Å². The summed E-state index contributed by atoms with van der Waals surface area (Å²) in [5, 5.41) is 14.4. The van der Waals surface area contributed by atoms with Crippen LogP contribution in [0.3, 0.4) is 0 Å². The molecule has 1 fully saturated rings. The second kappa shape index (κ2) is 20.7. The van der Waals surface area contributed by atoms with Crippen molar-refractivity contribution in [1.82, 2.24) is 5.32 Å². The Morgan fingerprint density at radius 2 is 1.14 bits per heavy atom. The molecule has 380 valence electrons. The molecule has 0 radical (unpaired) electrons. The molecule has 5 aliphatic heterocycles. The molecule has 2 N–H and O–H groups in total. The van der Waals surface area contributed by atoms with Crippen molar-refractivity contribution < 1.29 is 67.1 Å². The highest BCUT2D eigenvalue weighted by Gasteiger charge is 2.66. The van der Waals surface area contributed by atoms with E-state index in [1.807, 2.05) is 61.5 Å². The van der Waals surface area contributed by atoms with E-state index in [1.165, 1.54) is 42.7 Å². The van der Waals surface area contributed by atoms with Gasteiger partial charge in [0.15, 0.2) is 0 Å². The number of esters is 6. The third kappa shape index (κ3) is 9.90. The zero-order valence-electron chi connectivity index (χ0n) is 42.8. The molecule has 2 unspecified atom stereocenters. The Bertz CT molecular complexity index is 2320. The summed E-state index contributed by atoms with van der Waals surface area (Å²) in [6, 6.07) is -0.907. The minimum atomic E-state index is -1.39. The summed E-state index contributed by atoms with van der Waals surface area (Å²) in [5.41, 5.74) is -1.05. The van der Waals surface area contributed by atoms with Crippen molar-refractivity contribution in [2.24, 2.45) is 60.3 Å². The molecule has 5 heterocycles. The highest BCUT2D eigenvalue weighted by molar-refractivity contribution is 6.10. The Labute approximate surface area is 405 Å². The molecule has 0 aromatic carbocycles. The highest BCUT2D eigenvalue weighted by Crippen LogP contribution is 2.62. The van der Waals surface area contributed by atoms with Crippen LogP contribution in [0.15, 0.2) is 49.3 Å². The van der Waals surface area contributed by atoms with Gasteiger partial charge in [-0.25, -0.2) is 0 Å². The van der Waals surface area contributed by atoms with Gasteiger partial charge in [0.25, 0.3) is 0 Å². The molecule has 0 spiro atoms. The summed E-state index contributed by atoms with van der Waals surface area (Å²) in [6.45, 7) is 15.4. The minimum absolute atomic E-state index is 0.0329. The van der Waals surface area contributed by atoms with Crippen molar-refractivity contribution in [3.05, 3.63) is 34.3 Å². The average Bonchev–Trinajstić information content (AvgIpc) is 3.92. The van der Waals surface area contributed by atoms with E-state index in [0.717, 1.165) is 0 Å². The third-order valence-electron chi connectivity index (χ3n) is 16.6. The smallest absolute Gasteiger partial charge is 0.306 e. The molecule has 69 heavy (non-hydrogen) atoms. The molecule has 0 aliphatic carbocycles. The molecule has 18 heteroatoms. The van der Waals surface area contributed by atoms with E-state index in [4.69, 9.17) is 43.4 Å². The number of methoxy groups -OCH3 is 6. The first-order chi connectivity index (χ1) is 32.3. The lowest BCUT2D eigenvalue weighted by Crippen LogP contribution is -2.55. The lowest BCUT2D eigenvalue weighted by molar-refractivity contribution is -0.147. The van der Waals surface area contributed by atoms with Crippen LogP contribution in [0.4, 0.5) is 0 Å². The summed E-state index contributed by atoms with van der Waals surface area (Å²) < 4.78 is 31.3. The summed E-state index contributed by atoms with van der Waals surface area (Å²) in [5.74, 6) is -6.51. The first-order valence-corrected chi connectivity index (χ1v) is 23.6. The fourth-order valence-electron chi connectivity index (χ4n) is 12.3. The van der Waals surface area contributed by atoms with Crippen molar-refractivity contribution in [3.8, 4) is 0 Å². The van der Waals surface area contributed by atoms with Crippen LogP contribution in [0.25, 0.3) is 0 Å². The standard InChI is InChI=1S/C51H72N4O14/c1-27-42-30(16-19-37(59)65-10)47(3,4)34(53-42)24-33-29(15-18-36(58)64-9)49(6,25-35(56)57)45(52-33)28(2)43-31(17-20-38(60)66-11)50(7,26-41(63)69-14)51(8,55-43)46-32(23-40(62)68-13)48(5,44(27)54-46)22-21-39(61)67-12/h24,29-32,46,52H,15-23,25-26H2,1-14H3,(H,56,57)/b33-24-,42-27-,45-28-/t29-,30-,31-,32+,46?,48-,49+,50+,51?/m1/s1. The number of aliphatic carboxylic acids is 1. The lowest BCUT2D eigenvalue weighted by atomic mass is 9.55. The molecule has 8 bridgehead atoms. The molecule has 1 saturated heterocycles. The van der Waals surface area contributed by atoms with Crippen LogP contribution in [0, 0.1) is 45.3 Å². The Hall–Kier alpha value is -5.68. The number of fused-ring (bicyclic) bond motifs is 6. The second-order valence-electron chi connectivity index (χ2n) is 20.6. The Morgan fingerprint density at radius 3 is 1.67 bits per heavy atom. The molecule has 0 aromatic rings. The zero-order valence-corrected chi connectivity index (χ0v) is 42.8. The predicted molar refractivity (Wildman–Crippen MR) is 254 cm³/mol. The van der Waals surface area contributed by atoms with Crippen LogP contribution >= 0.6 is 0 Å². The SMILES string of the molecule is COC(=O)CC[C@@H]1/C2=C(\C)C3=NC([C@H](CC(=O)OC)[C@@]3(C)CCC(=O)OC)C3(C)N=C(/C(C)=C4\N/C(=C\C(=N2)C1(C)C)[C@@H](CCC(=O)OC)[C@]4(C)CC(=O)O)[C@@H](CCC(=O)OC)[C@]3(C)CC(=O)OC. The van der Waals surface area contributed by atoms with E-state index in [2.05, 4.69) is 5.32 Å². The Balaban J connectivity index is 2.04. The van der Waals surface area contributed by atoms with Crippen molar-refractivity contribution in [1.29, 1.82) is 0 Å². The largest absolute Gasteiger partial charge is 0.481 e. The van der Waals surface area contributed by atoms with E-state index in [9.17, 15) is 38.7 Å². The molecule has 0 saturated carbocycles. The molecule has 5 rings (SSSR count). The molecule has 0 aromatic heterocycles. The van der Waals surface area contributed by atoms with Crippen LogP contribution in [0.1, 0.15) is 126 Å². The van der Waals surface area contributed by atoms with Gasteiger partial charge in [-0.2, -0.15) is 0 Å². The maximum absolute atomic E-state index is 13.9. The van der Waals surface area contributed by atoms with Gasteiger partial charge < -0.3 is 38.8 Å². The number of rotatable bonds is 18. The third-order valence-corrected chi connectivity index (χ3v) is 16.6. The van der Waals surface area contributed by atoms with Crippen molar-refractivity contribution in [2.45, 2.75) is 138 Å². The predicted octanol–water partition coefficient (Wildman–Crippen LogP) is 6.45. The summed E-state index contributed by atoms with van der Waals surface area (Å²) >= 11 is 0. The van der Waals surface area contributed by atoms with E-state index < -0.39 is 98.7 Å². The van der Waals surface area contributed by atoms with E-state index >= 15 is 0 Å². The Morgan fingerprint density at radius 1 is 0.638 bits per heavy atom. The fraction of sp³-hybridized carbons (Fsp3) is 0.686. The molecular formula is C51H72N4O14. The van der Waals surface area contributed by atoms with Crippen LogP contribution in [-0.4, -0.2) is 118 Å². The normalized spacial score (nSPS) is 33.8. The lowest BCUT2D eigenvalue weighted by Gasteiger charge is -2.48. The maximum Gasteiger partial charge on any atom is 0.306 e. The van der Waals surface area contributed by atoms with Crippen LogP contribution < -0.4 is 5.32 Å².